The highest BCUT2D eigenvalue weighted by molar-refractivity contribution is 7.91. The van der Waals surface area contributed by atoms with Crippen molar-refractivity contribution in [3.05, 3.63) is 52.9 Å². The number of hydrogen-bond acceptors (Lipinski definition) is 6. The van der Waals surface area contributed by atoms with E-state index in [9.17, 15) is 18.0 Å². The van der Waals surface area contributed by atoms with Gasteiger partial charge in [-0.15, -0.1) is 11.3 Å². The molecule has 1 heterocycles. The van der Waals surface area contributed by atoms with Crippen LogP contribution in [0.1, 0.15) is 29.8 Å². The molecule has 2 N–H and O–H groups in total. The number of benzene rings is 1. The van der Waals surface area contributed by atoms with Gasteiger partial charge in [0.05, 0.1) is 5.56 Å². The Morgan fingerprint density at radius 1 is 1.23 bits per heavy atom. The number of primary sulfonamides is 1. The Bertz CT molecular complexity index is 876. The number of amides is 1. The van der Waals surface area contributed by atoms with Crippen LogP contribution in [0.2, 0.25) is 0 Å². The molecule has 1 aromatic carbocycles. The Morgan fingerprint density at radius 2 is 1.88 bits per heavy atom. The summed E-state index contributed by atoms with van der Waals surface area (Å²) in [5.41, 5.74) is 1.02. The van der Waals surface area contributed by atoms with Crippen molar-refractivity contribution in [3.8, 4) is 0 Å². The molecule has 7 nitrogen and oxygen atoms in total. The van der Waals surface area contributed by atoms with Crippen LogP contribution in [-0.2, 0) is 26.1 Å². The number of rotatable bonds is 7. The normalized spacial score (nSPS) is 11.4. The van der Waals surface area contributed by atoms with Gasteiger partial charge in [-0.1, -0.05) is 30.3 Å². The molecule has 1 aromatic heterocycles. The third-order valence-electron chi connectivity index (χ3n) is 3.56. The highest BCUT2D eigenvalue weighted by atomic mass is 32.2. The molecule has 2 aromatic rings. The van der Waals surface area contributed by atoms with Gasteiger partial charge in [0.2, 0.25) is 10.0 Å². The van der Waals surface area contributed by atoms with Gasteiger partial charge in [-0.25, -0.2) is 18.4 Å². The standard InChI is InChI=1S/C17H20N2O5S2/c1-12(2)19(9-13-6-4-3-5-7-13)15(20)10-24-17(21)14-8-16(25-11-14)26(18,22)23/h3-8,11-12H,9-10H2,1-2H3,(H2,18,22,23). The molecule has 0 atom stereocenters. The number of carbonyl (C=O) groups is 2. The lowest BCUT2D eigenvalue weighted by molar-refractivity contribution is -0.136. The lowest BCUT2D eigenvalue weighted by atomic mass is 10.2. The van der Waals surface area contributed by atoms with Gasteiger partial charge in [0.15, 0.2) is 6.61 Å². The van der Waals surface area contributed by atoms with E-state index in [2.05, 4.69) is 0 Å². The van der Waals surface area contributed by atoms with Crippen LogP contribution in [0.3, 0.4) is 0 Å². The molecule has 0 aliphatic heterocycles. The number of ether oxygens (including phenoxy) is 1. The van der Waals surface area contributed by atoms with E-state index in [0.717, 1.165) is 23.0 Å². The topological polar surface area (TPSA) is 107 Å². The van der Waals surface area contributed by atoms with Crippen molar-refractivity contribution in [2.45, 2.75) is 30.6 Å². The molecule has 0 saturated carbocycles. The first-order valence-electron chi connectivity index (χ1n) is 7.80. The molecule has 0 bridgehead atoms. The van der Waals surface area contributed by atoms with Gasteiger partial charge in [0.25, 0.3) is 5.91 Å². The summed E-state index contributed by atoms with van der Waals surface area (Å²) in [5.74, 6) is -1.10. The lowest BCUT2D eigenvalue weighted by Gasteiger charge is -2.26. The largest absolute Gasteiger partial charge is 0.452 e. The fraction of sp³-hybridized carbons (Fsp3) is 0.294. The van der Waals surface area contributed by atoms with Crippen molar-refractivity contribution in [1.29, 1.82) is 0 Å². The Kier molecular flexibility index (Phi) is 6.52. The summed E-state index contributed by atoms with van der Waals surface area (Å²) < 4.78 is 27.4. The zero-order valence-corrected chi connectivity index (χ0v) is 16.0. The van der Waals surface area contributed by atoms with Crippen molar-refractivity contribution >= 4 is 33.2 Å². The van der Waals surface area contributed by atoms with E-state index < -0.39 is 22.6 Å². The minimum Gasteiger partial charge on any atom is -0.452 e. The Morgan fingerprint density at radius 3 is 2.42 bits per heavy atom. The molecule has 2 rings (SSSR count). The average Bonchev–Trinajstić information content (AvgIpc) is 3.08. The van der Waals surface area contributed by atoms with Gasteiger partial charge >= 0.3 is 5.97 Å². The first kappa shape index (κ1) is 20.1. The number of esters is 1. The third-order valence-corrected chi connectivity index (χ3v) is 5.94. The maximum Gasteiger partial charge on any atom is 0.339 e. The molecule has 0 spiro atoms. The minimum atomic E-state index is -3.87. The summed E-state index contributed by atoms with van der Waals surface area (Å²) in [5, 5.41) is 6.34. The predicted molar refractivity (Wildman–Crippen MR) is 98.1 cm³/mol. The predicted octanol–water partition coefficient (Wildman–Crippen LogP) is 1.99. The van der Waals surface area contributed by atoms with E-state index in [4.69, 9.17) is 9.88 Å². The fourth-order valence-electron chi connectivity index (χ4n) is 2.21. The second-order valence-corrected chi connectivity index (χ2v) is 8.58. The smallest absolute Gasteiger partial charge is 0.339 e. The van der Waals surface area contributed by atoms with Crippen molar-refractivity contribution in [1.82, 2.24) is 4.90 Å². The Balaban J connectivity index is 1.99. The number of thiophene rings is 1. The molecule has 1 amide bonds. The molecule has 0 aliphatic carbocycles. The Hall–Kier alpha value is -2.23. The number of nitrogens with zero attached hydrogens (tertiary/aromatic N) is 1. The first-order chi connectivity index (χ1) is 12.2. The summed E-state index contributed by atoms with van der Waals surface area (Å²) in [4.78, 5) is 26.0. The van der Waals surface area contributed by atoms with E-state index in [0.29, 0.717) is 6.54 Å². The van der Waals surface area contributed by atoms with Crippen LogP contribution >= 0.6 is 11.3 Å². The Labute approximate surface area is 156 Å². The van der Waals surface area contributed by atoms with E-state index in [1.165, 1.54) is 5.38 Å². The second-order valence-electron chi connectivity index (χ2n) is 5.88. The zero-order chi connectivity index (χ0) is 19.3. The molecule has 0 saturated heterocycles. The van der Waals surface area contributed by atoms with Gasteiger partial charge < -0.3 is 9.64 Å². The number of carbonyl (C=O) groups excluding carboxylic acids is 2. The van der Waals surface area contributed by atoms with E-state index in [-0.39, 0.29) is 21.7 Å². The average molecular weight is 396 g/mol. The van der Waals surface area contributed by atoms with Crippen LogP contribution in [0.4, 0.5) is 0 Å². The van der Waals surface area contributed by atoms with Crippen molar-refractivity contribution in [2.75, 3.05) is 6.61 Å². The molecule has 26 heavy (non-hydrogen) atoms. The first-order valence-corrected chi connectivity index (χ1v) is 10.2. The monoisotopic (exact) mass is 396 g/mol. The molecule has 0 aliphatic rings. The molecular formula is C17H20N2O5S2. The highest BCUT2D eigenvalue weighted by Crippen LogP contribution is 2.19. The van der Waals surface area contributed by atoms with Crippen LogP contribution < -0.4 is 5.14 Å². The van der Waals surface area contributed by atoms with Crippen LogP contribution in [0.25, 0.3) is 0 Å². The molecule has 9 heteroatoms. The van der Waals surface area contributed by atoms with Crippen LogP contribution in [0.5, 0.6) is 0 Å². The minimum absolute atomic E-state index is 0.0472. The number of sulfonamides is 1. The van der Waals surface area contributed by atoms with Gasteiger partial charge in [0.1, 0.15) is 4.21 Å². The second kappa shape index (κ2) is 8.43. The summed E-state index contributed by atoms with van der Waals surface area (Å²) in [6, 6.07) is 10.6. The number of hydrogen-bond donors (Lipinski definition) is 1. The maximum absolute atomic E-state index is 12.4. The third kappa shape index (κ3) is 5.38. The number of nitrogens with two attached hydrogens (primary N) is 1. The van der Waals surface area contributed by atoms with Gasteiger partial charge in [-0.2, -0.15) is 0 Å². The van der Waals surface area contributed by atoms with E-state index in [1.54, 1.807) is 4.90 Å². The quantitative estimate of drug-likeness (QED) is 0.720. The van der Waals surface area contributed by atoms with Gasteiger partial charge in [-0.3, -0.25) is 4.79 Å². The zero-order valence-electron chi connectivity index (χ0n) is 14.4. The van der Waals surface area contributed by atoms with E-state index >= 15 is 0 Å². The molecule has 140 valence electrons. The molecular weight excluding hydrogens is 376 g/mol. The lowest BCUT2D eigenvalue weighted by Crippen LogP contribution is -2.39. The SMILES string of the molecule is CC(C)N(Cc1ccccc1)C(=O)COC(=O)c1csc(S(N)(=O)=O)c1. The van der Waals surface area contributed by atoms with Crippen molar-refractivity contribution < 1.29 is 22.7 Å². The van der Waals surface area contributed by atoms with Crippen LogP contribution in [-0.4, -0.2) is 37.8 Å². The summed E-state index contributed by atoms with van der Waals surface area (Å²) in [7, 11) is -3.87. The van der Waals surface area contributed by atoms with Crippen LogP contribution in [0, 0.1) is 0 Å². The summed E-state index contributed by atoms with van der Waals surface area (Å²) in [6.45, 7) is 3.73. The van der Waals surface area contributed by atoms with Crippen molar-refractivity contribution in [3.63, 3.8) is 0 Å². The fourth-order valence-corrected chi connectivity index (χ4v) is 3.78. The highest BCUT2D eigenvalue weighted by Gasteiger charge is 2.21. The van der Waals surface area contributed by atoms with Gasteiger partial charge in [0, 0.05) is 18.0 Å². The molecule has 0 fully saturated rings. The molecule has 0 radical (unpaired) electrons. The summed E-state index contributed by atoms with van der Waals surface area (Å²) >= 11 is 0.823. The maximum atomic E-state index is 12.4. The van der Waals surface area contributed by atoms with Gasteiger partial charge in [-0.05, 0) is 25.5 Å². The van der Waals surface area contributed by atoms with E-state index in [1.807, 2.05) is 44.2 Å². The van der Waals surface area contributed by atoms with Crippen LogP contribution in [0.15, 0.2) is 46.0 Å². The molecule has 0 unspecified atom stereocenters. The summed E-state index contributed by atoms with van der Waals surface area (Å²) in [6.07, 6.45) is 0. The van der Waals surface area contributed by atoms with Crippen molar-refractivity contribution in [2.24, 2.45) is 5.14 Å².